The van der Waals surface area contributed by atoms with Gasteiger partial charge in [-0.05, 0) is 26.7 Å². The molecule has 0 bridgehead atoms. The molecule has 3 N–H and O–H groups in total. The van der Waals surface area contributed by atoms with Gasteiger partial charge in [-0.2, -0.15) is 17.4 Å². The molecule has 4 unspecified atom stereocenters. The maximum Gasteiger partial charge on any atom is 0.279 e. The Morgan fingerprint density at radius 2 is 1.74 bits per heavy atom. The summed E-state index contributed by atoms with van der Waals surface area (Å²) in [5, 5.41) is 0. The number of rotatable bonds is 3. The third kappa shape index (κ3) is 3.88. The number of nitrogens with one attached hydrogen (secondary N) is 1. The summed E-state index contributed by atoms with van der Waals surface area (Å²) in [6.07, 6.45) is 3.71. The predicted octanol–water partition coefficient (Wildman–Crippen LogP) is 0.200. The molecule has 2 rings (SSSR count). The Kier molecular flexibility index (Phi) is 4.84. The van der Waals surface area contributed by atoms with E-state index in [0.717, 1.165) is 25.7 Å². The van der Waals surface area contributed by atoms with Crippen LogP contribution in [0.4, 0.5) is 0 Å². The van der Waals surface area contributed by atoms with Crippen LogP contribution in [0.5, 0.6) is 0 Å². The highest BCUT2D eigenvalue weighted by molar-refractivity contribution is 7.87. The zero-order chi connectivity index (χ0) is 14.0. The van der Waals surface area contributed by atoms with Crippen molar-refractivity contribution in [3.8, 4) is 0 Å². The molecule has 0 radical (unpaired) electrons. The topological polar surface area (TPSA) is 84.7 Å². The van der Waals surface area contributed by atoms with E-state index in [4.69, 9.17) is 10.5 Å². The first-order valence-corrected chi connectivity index (χ1v) is 8.51. The lowest BCUT2D eigenvalue weighted by molar-refractivity contribution is -0.0445. The van der Waals surface area contributed by atoms with Crippen LogP contribution in [0.1, 0.15) is 39.5 Å². The van der Waals surface area contributed by atoms with Gasteiger partial charge in [0.15, 0.2) is 0 Å². The molecule has 0 aromatic carbocycles. The first-order chi connectivity index (χ1) is 8.88. The van der Waals surface area contributed by atoms with E-state index in [1.807, 2.05) is 13.8 Å². The van der Waals surface area contributed by atoms with Crippen LogP contribution in [0.25, 0.3) is 0 Å². The molecule has 1 heterocycles. The van der Waals surface area contributed by atoms with Gasteiger partial charge in [0.1, 0.15) is 0 Å². The van der Waals surface area contributed by atoms with E-state index in [1.165, 1.54) is 4.31 Å². The van der Waals surface area contributed by atoms with Crippen LogP contribution in [-0.4, -0.2) is 50.1 Å². The number of ether oxygens (including phenoxy) is 1. The smallest absolute Gasteiger partial charge is 0.279 e. The van der Waals surface area contributed by atoms with Crippen LogP contribution in [0.3, 0.4) is 0 Å². The predicted molar refractivity (Wildman–Crippen MR) is 73.9 cm³/mol. The summed E-state index contributed by atoms with van der Waals surface area (Å²) in [7, 11) is -3.46. The first-order valence-electron chi connectivity index (χ1n) is 7.07. The minimum atomic E-state index is -3.46. The standard InChI is InChI=1S/C12H25N3O3S/c1-9-7-15(8-10(2)18-9)19(16,17)14-12-6-4-3-5-11(12)13/h9-12,14H,3-8,13H2,1-2H3. The van der Waals surface area contributed by atoms with Gasteiger partial charge in [0.05, 0.1) is 12.2 Å². The zero-order valence-electron chi connectivity index (χ0n) is 11.7. The average molecular weight is 291 g/mol. The van der Waals surface area contributed by atoms with E-state index in [9.17, 15) is 8.42 Å². The van der Waals surface area contributed by atoms with Gasteiger partial charge in [0.2, 0.25) is 0 Å². The Labute approximate surface area is 115 Å². The van der Waals surface area contributed by atoms with Gasteiger partial charge in [-0.25, -0.2) is 0 Å². The molecular weight excluding hydrogens is 266 g/mol. The van der Waals surface area contributed by atoms with Crippen molar-refractivity contribution < 1.29 is 13.2 Å². The number of nitrogens with zero attached hydrogens (tertiary/aromatic N) is 1. The average Bonchev–Trinajstić information content (AvgIpc) is 2.31. The third-order valence-electron chi connectivity index (χ3n) is 3.85. The fourth-order valence-electron chi connectivity index (χ4n) is 2.90. The quantitative estimate of drug-likeness (QED) is 0.778. The Bertz CT molecular complexity index is 391. The van der Waals surface area contributed by atoms with Crippen molar-refractivity contribution in [3.63, 3.8) is 0 Å². The summed E-state index contributed by atoms with van der Waals surface area (Å²) in [5.74, 6) is 0. The number of hydrogen-bond acceptors (Lipinski definition) is 4. The third-order valence-corrected chi connectivity index (χ3v) is 5.42. The summed E-state index contributed by atoms with van der Waals surface area (Å²) in [6, 6.07) is -0.202. The first kappa shape index (κ1) is 15.2. The van der Waals surface area contributed by atoms with Gasteiger partial charge in [-0.1, -0.05) is 12.8 Å². The number of morpholine rings is 1. The largest absolute Gasteiger partial charge is 0.373 e. The monoisotopic (exact) mass is 291 g/mol. The van der Waals surface area contributed by atoms with Gasteiger partial charge in [-0.15, -0.1) is 0 Å². The fourth-order valence-corrected chi connectivity index (χ4v) is 4.54. The SMILES string of the molecule is CC1CN(S(=O)(=O)NC2CCCCC2N)CC(C)O1. The summed E-state index contributed by atoms with van der Waals surface area (Å²) in [5.41, 5.74) is 6.00. The van der Waals surface area contributed by atoms with Crippen LogP contribution in [0, 0.1) is 0 Å². The van der Waals surface area contributed by atoms with Crippen LogP contribution < -0.4 is 10.5 Å². The van der Waals surface area contributed by atoms with Gasteiger partial charge < -0.3 is 10.5 Å². The van der Waals surface area contributed by atoms with E-state index in [2.05, 4.69) is 4.72 Å². The van der Waals surface area contributed by atoms with Crippen molar-refractivity contribution >= 4 is 10.2 Å². The van der Waals surface area contributed by atoms with E-state index in [0.29, 0.717) is 13.1 Å². The molecule has 7 heteroatoms. The van der Waals surface area contributed by atoms with Crippen molar-refractivity contribution in [3.05, 3.63) is 0 Å². The molecule has 2 aliphatic rings. The second-order valence-corrected chi connectivity index (χ2v) is 7.45. The minimum Gasteiger partial charge on any atom is -0.373 e. The van der Waals surface area contributed by atoms with Gasteiger partial charge in [-0.3, -0.25) is 0 Å². The maximum absolute atomic E-state index is 12.4. The molecule has 112 valence electrons. The van der Waals surface area contributed by atoms with Crippen molar-refractivity contribution in [1.29, 1.82) is 0 Å². The van der Waals surface area contributed by atoms with E-state index in [1.54, 1.807) is 0 Å². The van der Waals surface area contributed by atoms with E-state index < -0.39 is 10.2 Å². The van der Waals surface area contributed by atoms with Crippen molar-refractivity contribution in [2.75, 3.05) is 13.1 Å². The highest BCUT2D eigenvalue weighted by atomic mass is 32.2. The summed E-state index contributed by atoms with van der Waals surface area (Å²) < 4.78 is 34.6. The highest BCUT2D eigenvalue weighted by Gasteiger charge is 2.34. The Balaban J connectivity index is 2.01. The molecule has 6 nitrogen and oxygen atoms in total. The van der Waals surface area contributed by atoms with Crippen LogP contribution in [0.2, 0.25) is 0 Å². The summed E-state index contributed by atoms with van der Waals surface area (Å²) >= 11 is 0. The molecule has 4 atom stereocenters. The fraction of sp³-hybridized carbons (Fsp3) is 1.00. The number of nitrogens with two attached hydrogens (primary N) is 1. The summed E-state index contributed by atoms with van der Waals surface area (Å²) in [4.78, 5) is 0. The molecule has 2 fully saturated rings. The molecule has 1 saturated heterocycles. The zero-order valence-corrected chi connectivity index (χ0v) is 12.5. The molecule has 0 aromatic heterocycles. The van der Waals surface area contributed by atoms with E-state index >= 15 is 0 Å². The Morgan fingerprint density at radius 3 is 2.32 bits per heavy atom. The van der Waals surface area contributed by atoms with Gasteiger partial charge in [0, 0.05) is 25.2 Å². The van der Waals surface area contributed by atoms with Gasteiger partial charge >= 0.3 is 0 Å². The molecule has 0 amide bonds. The highest BCUT2D eigenvalue weighted by Crippen LogP contribution is 2.19. The van der Waals surface area contributed by atoms with Crippen LogP contribution in [0.15, 0.2) is 0 Å². The second-order valence-electron chi connectivity index (χ2n) is 5.75. The second kappa shape index (κ2) is 6.05. The normalized spacial score (nSPS) is 38.3. The van der Waals surface area contributed by atoms with Gasteiger partial charge in [0.25, 0.3) is 10.2 Å². The molecule has 1 aliphatic heterocycles. The molecule has 0 aromatic rings. The molecule has 19 heavy (non-hydrogen) atoms. The maximum atomic E-state index is 12.4. The Morgan fingerprint density at radius 1 is 1.16 bits per heavy atom. The molecule has 1 saturated carbocycles. The van der Waals surface area contributed by atoms with Crippen LogP contribution in [-0.2, 0) is 14.9 Å². The van der Waals surface area contributed by atoms with Crippen molar-refractivity contribution in [2.24, 2.45) is 5.73 Å². The minimum absolute atomic E-state index is 0.0691. The lowest BCUT2D eigenvalue weighted by Crippen LogP contribution is -2.57. The van der Waals surface area contributed by atoms with Crippen molar-refractivity contribution in [1.82, 2.24) is 9.03 Å². The lowest BCUT2D eigenvalue weighted by atomic mass is 9.92. The molecule has 0 spiro atoms. The number of hydrogen-bond donors (Lipinski definition) is 2. The Hall–Kier alpha value is -0.210. The molecular formula is C12H25N3O3S. The van der Waals surface area contributed by atoms with Crippen LogP contribution >= 0.6 is 0 Å². The molecule has 1 aliphatic carbocycles. The summed E-state index contributed by atoms with van der Waals surface area (Å²) in [6.45, 7) is 4.60. The lowest BCUT2D eigenvalue weighted by Gasteiger charge is -2.36. The van der Waals surface area contributed by atoms with Crippen molar-refractivity contribution in [2.45, 2.75) is 63.8 Å². The van der Waals surface area contributed by atoms with E-state index in [-0.39, 0.29) is 24.3 Å².